The van der Waals surface area contributed by atoms with E-state index in [0.717, 1.165) is 11.3 Å². The van der Waals surface area contributed by atoms with E-state index in [1.54, 1.807) is 12.1 Å². The molecule has 0 fully saturated rings. The highest BCUT2D eigenvalue weighted by Gasteiger charge is 2.11. The second-order valence-electron chi connectivity index (χ2n) is 4.35. The number of H-pyrrole nitrogens is 1. The SMILES string of the molecule is Cc1[nH]nc(NC(=O)CCNC(=O)c2ccco2)c1C. The van der Waals surface area contributed by atoms with Gasteiger partial charge >= 0.3 is 0 Å². The van der Waals surface area contributed by atoms with Gasteiger partial charge in [0.05, 0.1) is 6.26 Å². The Labute approximate surface area is 115 Å². The Balaban J connectivity index is 1.76. The van der Waals surface area contributed by atoms with Gasteiger partial charge in [0, 0.05) is 24.2 Å². The number of aromatic nitrogens is 2. The largest absolute Gasteiger partial charge is 0.459 e. The maximum atomic E-state index is 11.7. The van der Waals surface area contributed by atoms with Crippen molar-refractivity contribution in [1.82, 2.24) is 15.5 Å². The van der Waals surface area contributed by atoms with E-state index in [1.807, 2.05) is 13.8 Å². The third kappa shape index (κ3) is 3.25. The molecule has 2 aromatic rings. The number of hydrogen-bond donors (Lipinski definition) is 3. The van der Waals surface area contributed by atoms with Crippen molar-refractivity contribution in [3.8, 4) is 0 Å². The van der Waals surface area contributed by atoms with Gasteiger partial charge in [0.2, 0.25) is 5.91 Å². The minimum atomic E-state index is -0.338. The van der Waals surface area contributed by atoms with Crippen molar-refractivity contribution in [2.75, 3.05) is 11.9 Å². The van der Waals surface area contributed by atoms with E-state index in [1.165, 1.54) is 6.26 Å². The van der Waals surface area contributed by atoms with Gasteiger partial charge in [0.25, 0.3) is 5.91 Å². The van der Waals surface area contributed by atoms with E-state index in [9.17, 15) is 9.59 Å². The van der Waals surface area contributed by atoms with Crippen LogP contribution in [0.4, 0.5) is 5.82 Å². The summed E-state index contributed by atoms with van der Waals surface area (Å²) in [5.41, 5.74) is 1.81. The summed E-state index contributed by atoms with van der Waals surface area (Å²) in [6.45, 7) is 3.97. The third-order valence-electron chi connectivity index (χ3n) is 2.89. The fourth-order valence-electron chi connectivity index (χ4n) is 1.59. The van der Waals surface area contributed by atoms with Crippen molar-refractivity contribution >= 4 is 17.6 Å². The maximum Gasteiger partial charge on any atom is 0.286 e. The molecule has 0 saturated carbocycles. The molecule has 0 aliphatic rings. The molecule has 0 aliphatic carbocycles. The molecule has 7 heteroatoms. The van der Waals surface area contributed by atoms with Crippen LogP contribution in [0.15, 0.2) is 22.8 Å². The lowest BCUT2D eigenvalue weighted by Crippen LogP contribution is -2.27. The number of aromatic amines is 1. The first-order chi connectivity index (χ1) is 9.58. The van der Waals surface area contributed by atoms with Crippen LogP contribution in [-0.4, -0.2) is 28.6 Å². The Kier molecular flexibility index (Phi) is 4.19. The van der Waals surface area contributed by atoms with Crippen molar-refractivity contribution in [2.24, 2.45) is 0 Å². The fourth-order valence-corrected chi connectivity index (χ4v) is 1.59. The van der Waals surface area contributed by atoms with E-state index in [4.69, 9.17) is 4.42 Å². The molecule has 0 aromatic carbocycles. The molecule has 3 N–H and O–H groups in total. The Morgan fingerprint density at radius 1 is 1.40 bits per heavy atom. The third-order valence-corrected chi connectivity index (χ3v) is 2.89. The molecule has 2 heterocycles. The van der Waals surface area contributed by atoms with Gasteiger partial charge in [-0.3, -0.25) is 14.7 Å². The number of nitrogens with one attached hydrogen (secondary N) is 3. The minimum Gasteiger partial charge on any atom is -0.459 e. The van der Waals surface area contributed by atoms with Gasteiger partial charge in [-0.1, -0.05) is 0 Å². The van der Waals surface area contributed by atoms with Crippen LogP contribution in [0.25, 0.3) is 0 Å². The lowest BCUT2D eigenvalue weighted by Gasteiger charge is -2.04. The monoisotopic (exact) mass is 276 g/mol. The summed E-state index contributed by atoms with van der Waals surface area (Å²) in [7, 11) is 0. The average molecular weight is 276 g/mol. The smallest absolute Gasteiger partial charge is 0.286 e. The zero-order valence-corrected chi connectivity index (χ0v) is 11.3. The topological polar surface area (TPSA) is 100 Å². The number of aryl methyl sites for hydroxylation is 1. The lowest BCUT2D eigenvalue weighted by atomic mass is 10.2. The normalized spacial score (nSPS) is 10.3. The van der Waals surface area contributed by atoms with Gasteiger partial charge in [0.1, 0.15) is 0 Å². The average Bonchev–Trinajstić information content (AvgIpc) is 3.04. The van der Waals surface area contributed by atoms with Crippen molar-refractivity contribution in [2.45, 2.75) is 20.3 Å². The van der Waals surface area contributed by atoms with Crippen molar-refractivity contribution < 1.29 is 14.0 Å². The van der Waals surface area contributed by atoms with Crippen LogP contribution >= 0.6 is 0 Å². The second-order valence-corrected chi connectivity index (χ2v) is 4.35. The van der Waals surface area contributed by atoms with Gasteiger partial charge < -0.3 is 15.1 Å². The van der Waals surface area contributed by atoms with Crippen LogP contribution in [0, 0.1) is 13.8 Å². The highest BCUT2D eigenvalue weighted by Crippen LogP contribution is 2.13. The number of anilines is 1. The van der Waals surface area contributed by atoms with Gasteiger partial charge in [0.15, 0.2) is 11.6 Å². The molecule has 0 aliphatic heterocycles. The standard InChI is InChI=1S/C13H16N4O3/c1-8-9(2)16-17-12(8)15-11(18)5-6-14-13(19)10-4-3-7-20-10/h3-4,7H,5-6H2,1-2H3,(H,14,19)(H2,15,16,17,18). The first kappa shape index (κ1) is 13.9. The summed E-state index contributed by atoms with van der Waals surface area (Å²) >= 11 is 0. The van der Waals surface area contributed by atoms with Crippen LogP contribution in [-0.2, 0) is 4.79 Å². The number of amides is 2. The predicted molar refractivity (Wildman–Crippen MR) is 72.3 cm³/mol. The van der Waals surface area contributed by atoms with Crippen LogP contribution in [0.1, 0.15) is 28.2 Å². The summed E-state index contributed by atoms with van der Waals surface area (Å²) in [6.07, 6.45) is 1.59. The number of nitrogens with zero attached hydrogens (tertiary/aromatic N) is 1. The molecule has 0 bridgehead atoms. The van der Waals surface area contributed by atoms with Crippen LogP contribution in [0.3, 0.4) is 0 Å². The molecule has 2 amide bonds. The van der Waals surface area contributed by atoms with Gasteiger partial charge in [-0.05, 0) is 26.0 Å². The molecule has 0 unspecified atom stereocenters. The number of furan rings is 1. The summed E-state index contributed by atoms with van der Waals surface area (Å²) in [6, 6.07) is 3.19. The summed E-state index contributed by atoms with van der Waals surface area (Å²) in [5, 5.41) is 12.1. The number of carbonyl (C=O) groups excluding carboxylic acids is 2. The van der Waals surface area contributed by atoms with E-state index in [0.29, 0.717) is 5.82 Å². The summed E-state index contributed by atoms with van der Waals surface area (Å²) in [5.74, 6) is 0.197. The van der Waals surface area contributed by atoms with E-state index < -0.39 is 0 Å². The molecule has 0 saturated heterocycles. The Morgan fingerprint density at radius 2 is 2.20 bits per heavy atom. The summed E-state index contributed by atoms with van der Waals surface area (Å²) in [4.78, 5) is 23.3. The molecule has 0 atom stereocenters. The predicted octanol–water partition coefficient (Wildman–Crippen LogP) is 1.38. The maximum absolute atomic E-state index is 11.7. The molecule has 0 radical (unpaired) electrons. The Hall–Kier alpha value is -2.57. The second kappa shape index (κ2) is 6.05. The Bertz CT molecular complexity index is 601. The number of rotatable bonds is 5. The number of carbonyl (C=O) groups is 2. The van der Waals surface area contributed by atoms with E-state index in [2.05, 4.69) is 20.8 Å². The van der Waals surface area contributed by atoms with Gasteiger partial charge in [-0.15, -0.1) is 0 Å². The quantitative estimate of drug-likeness (QED) is 0.768. The minimum absolute atomic E-state index is 0.164. The highest BCUT2D eigenvalue weighted by atomic mass is 16.3. The zero-order valence-electron chi connectivity index (χ0n) is 11.3. The van der Waals surface area contributed by atoms with Crippen molar-refractivity contribution in [1.29, 1.82) is 0 Å². The molecule has 7 nitrogen and oxygen atoms in total. The molecule has 2 rings (SSSR count). The summed E-state index contributed by atoms with van der Waals surface area (Å²) < 4.78 is 4.94. The van der Waals surface area contributed by atoms with Crippen molar-refractivity contribution in [3.63, 3.8) is 0 Å². The van der Waals surface area contributed by atoms with Crippen LogP contribution in [0.5, 0.6) is 0 Å². The van der Waals surface area contributed by atoms with Gasteiger partial charge in [-0.25, -0.2) is 0 Å². The molecule has 0 spiro atoms. The Morgan fingerprint density at radius 3 is 2.80 bits per heavy atom. The van der Waals surface area contributed by atoms with Crippen molar-refractivity contribution in [3.05, 3.63) is 35.4 Å². The molecule has 2 aromatic heterocycles. The van der Waals surface area contributed by atoms with E-state index >= 15 is 0 Å². The lowest BCUT2D eigenvalue weighted by molar-refractivity contribution is -0.116. The molecular formula is C13H16N4O3. The van der Waals surface area contributed by atoms with E-state index in [-0.39, 0.29) is 30.5 Å². The number of hydrogen-bond acceptors (Lipinski definition) is 4. The first-order valence-electron chi connectivity index (χ1n) is 6.21. The first-order valence-corrected chi connectivity index (χ1v) is 6.21. The molecule has 20 heavy (non-hydrogen) atoms. The molecular weight excluding hydrogens is 260 g/mol. The molecule has 106 valence electrons. The van der Waals surface area contributed by atoms with Gasteiger partial charge in [-0.2, -0.15) is 5.10 Å². The zero-order chi connectivity index (χ0) is 14.5. The van der Waals surface area contributed by atoms with Crippen LogP contribution < -0.4 is 10.6 Å². The fraction of sp³-hybridized carbons (Fsp3) is 0.308. The van der Waals surface area contributed by atoms with Crippen LogP contribution in [0.2, 0.25) is 0 Å². The highest BCUT2D eigenvalue weighted by molar-refractivity contribution is 5.93.